The summed E-state index contributed by atoms with van der Waals surface area (Å²) in [6, 6.07) is 3.62. The van der Waals surface area contributed by atoms with Crippen molar-refractivity contribution < 1.29 is 23.8 Å². The fourth-order valence-corrected chi connectivity index (χ4v) is 3.27. The van der Waals surface area contributed by atoms with Crippen molar-refractivity contribution in [2.75, 3.05) is 6.54 Å². The molecule has 26 heavy (non-hydrogen) atoms. The van der Waals surface area contributed by atoms with E-state index in [2.05, 4.69) is 5.32 Å². The first-order valence-electron chi connectivity index (χ1n) is 8.61. The third-order valence-electron chi connectivity index (χ3n) is 4.64. The van der Waals surface area contributed by atoms with E-state index in [0.717, 1.165) is 35.8 Å². The van der Waals surface area contributed by atoms with Crippen molar-refractivity contribution in [1.29, 1.82) is 0 Å². The molecule has 138 valence electrons. The van der Waals surface area contributed by atoms with E-state index in [1.807, 2.05) is 6.07 Å². The predicted octanol–water partition coefficient (Wildman–Crippen LogP) is 0.614. The Bertz CT molecular complexity index is 930. The van der Waals surface area contributed by atoms with E-state index in [-0.39, 0.29) is 18.6 Å². The number of carbonyl (C=O) groups is 2. The van der Waals surface area contributed by atoms with Gasteiger partial charge in [0, 0.05) is 35.4 Å². The molecule has 0 spiro atoms. The predicted molar refractivity (Wildman–Crippen MR) is 92.0 cm³/mol. The average molecular weight is 358 g/mol. The van der Waals surface area contributed by atoms with Gasteiger partial charge < -0.3 is 24.4 Å². The maximum atomic E-state index is 12.2. The molecule has 0 aliphatic heterocycles. The van der Waals surface area contributed by atoms with Gasteiger partial charge in [-0.1, -0.05) is 0 Å². The number of carboxylic acids is 1. The summed E-state index contributed by atoms with van der Waals surface area (Å²) in [5.74, 6) is -1.21. The van der Waals surface area contributed by atoms with E-state index in [1.54, 1.807) is 19.9 Å². The molecule has 0 radical (unpaired) electrons. The van der Waals surface area contributed by atoms with Crippen LogP contribution in [-0.4, -0.2) is 24.5 Å². The summed E-state index contributed by atoms with van der Waals surface area (Å²) in [6.45, 7) is 3.33. The molecule has 2 aromatic rings. The van der Waals surface area contributed by atoms with Gasteiger partial charge in [0.15, 0.2) is 6.10 Å². The summed E-state index contributed by atoms with van der Waals surface area (Å²) in [7, 11) is 0. The number of carbonyl (C=O) groups excluding carboxylic acids is 2. The number of fused-ring (bicyclic) bond motifs is 3. The summed E-state index contributed by atoms with van der Waals surface area (Å²) < 4.78 is 11.2. The highest BCUT2D eigenvalue weighted by Gasteiger charge is 2.22. The number of benzene rings is 1. The lowest BCUT2D eigenvalue weighted by Crippen LogP contribution is -2.38. The van der Waals surface area contributed by atoms with E-state index in [9.17, 15) is 19.5 Å². The van der Waals surface area contributed by atoms with Gasteiger partial charge >= 0.3 is 5.63 Å². The van der Waals surface area contributed by atoms with Crippen LogP contribution in [0.3, 0.4) is 0 Å². The number of hydrogen-bond donors (Lipinski definition) is 1. The zero-order valence-electron chi connectivity index (χ0n) is 14.7. The second-order valence-electron chi connectivity index (χ2n) is 6.44. The standard InChI is InChI=1S/C19H21NO6/c1-10-15(25-11(2)18(23)20-9-8-16(21)22)7-6-13-12-4-3-5-14(12)19(24)26-17(10)13/h6-7,11H,3-5,8-9H2,1-2H3,(H,20,23)(H,21,22)/p-1/t11-/m0/s1. The number of aryl methyl sites for hydroxylation is 2. The van der Waals surface area contributed by atoms with Crippen molar-refractivity contribution in [3.8, 4) is 5.75 Å². The first kappa shape index (κ1) is 18.0. The Labute approximate surface area is 150 Å². The quantitative estimate of drug-likeness (QED) is 0.758. The zero-order chi connectivity index (χ0) is 18.8. The number of carboxylic acid groups (broad SMARTS) is 1. The van der Waals surface area contributed by atoms with Gasteiger partial charge in [0.1, 0.15) is 11.3 Å². The minimum Gasteiger partial charge on any atom is -0.550 e. The van der Waals surface area contributed by atoms with Gasteiger partial charge in [-0.05, 0) is 50.8 Å². The topological polar surface area (TPSA) is 109 Å². The molecule has 1 heterocycles. The third-order valence-corrected chi connectivity index (χ3v) is 4.64. The molecular formula is C19H20NO6-. The zero-order valence-corrected chi connectivity index (χ0v) is 14.7. The normalized spacial score (nSPS) is 14.1. The van der Waals surface area contributed by atoms with Crippen LogP contribution in [0.25, 0.3) is 11.0 Å². The Kier molecular flexibility index (Phi) is 4.97. The van der Waals surface area contributed by atoms with E-state index in [1.165, 1.54) is 0 Å². The summed E-state index contributed by atoms with van der Waals surface area (Å²) in [6.07, 6.45) is 1.46. The molecule has 1 aliphatic carbocycles. The molecule has 1 atom stereocenters. The molecule has 0 unspecified atom stereocenters. The molecular weight excluding hydrogens is 338 g/mol. The monoisotopic (exact) mass is 358 g/mol. The molecule has 0 saturated carbocycles. The van der Waals surface area contributed by atoms with Gasteiger partial charge in [-0.2, -0.15) is 0 Å². The molecule has 1 aromatic heterocycles. The molecule has 3 rings (SSSR count). The van der Waals surface area contributed by atoms with Gasteiger partial charge in [-0.3, -0.25) is 4.79 Å². The number of amides is 1. The van der Waals surface area contributed by atoms with Gasteiger partial charge in [-0.15, -0.1) is 0 Å². The number of hydrogen-bond acceptors (Lipinski definition) is 6. The minimum atomic E-state index is -1.23. The van der Waals surface area contributed by atoms with E-state index in [4.69, 9.17) is 9.15 Å². The summed E-state index contributed by atoms with van der Waals surface area (Å²) >= 11 is 0. The molecule has 1 aliphatic rings. The average Bonchev–Trinajstić information content (AvgIpc) is 3.08. The number of aliphatic carboxylic acids is 1. The van der Waals surface area contributed by atoms with Gasteiger partial charge in [0.05, 0.1) is 0 Å². The molecule has 0 saturated heterocycles. The van der Waals surface area contributed by atoms with Crippen molar-refractivity contribution in [2.24, 2.45) is 0 Å². The lowest BCUT2D eigenvalue weighted by molar-refractivity contribution is -0.305. The van der Waals surface area contributed by atoms with Crippen LogP contribution in [0.1, 0.15) is 36.5 Å². The second-order valence-corrected chi connectivity index (χ2v) is 6.44. The third kappa shape index (κ3) is 3.42. The Morgan fingerprint density at radius 1 is 1.31 bits per heavy atom. The fourth-order valence-electron chi connectivity index (χ4n) is 3.27. The van der Waals surface area contributed by atoms with Crippen LogP contribution in [0.5, 0.6) is 5.75 Å². The Balaban J connectivity index is 1.82. The van der Waals surface area contributed by atoms with Gasteiger partial charge in [-0.25, -0.2) is 4.79 Å². The van der Waals surface area contributed by atoms with Crippen LogP contribution in [0.15, 0.2) is 21.3 Å². The molecule has 7 nitrogen and oxygen atoms in total. The molecule has 0 fully saturated rings. The maximum absolute atomic E-state index is 12.2. The van der Waals surface area contributed by atoms with Crippen LogP contribution in [0.4, 0.5) is 0 Å². The van der Waals surface area contributed by atoms with Gasteiger partial charge in [0.25, 0.3) is 5.91 Å². The number of rotatable bonds is 6. The number of nitrogens with one attached hydrogen (secondary N) is 1. The van der Waals surface area contributed by atoms with Crippen molar-refractivity contribution in [3.05, 3.63) is 39.2 Å². The van der Waals surface area contributed by atoms with E-state index >= 15 is 0 Å². The van der Waals surface area contributed by atoms with Crippen molar-refractivity contribution in [1.82, 2.24) is 5.32 Å². The summed E-state index contributed by atoms with van der Waals surface area (Å²) in [4.78, 5) is 34.5. The highest BCUT2D eigenvalue weighted by molar-refractivity contribution is 5.86. The van der Waals surface area contributed by atoms with Gasteiger partial charge in [0.2, 0.25) is 0 Å². The van der Waals surface area contributed by atoms with Crippen molar-refractivity contribution in [2.45, 2.75) is 45.6 Å². The van der Waals surface area contributed by atoms with Crippen LogP contribution in [0, 0.1) is 6.92 Å². The Morgan fingerprint density at radius 2 is 2.04 bits per heavy atom. The van der Waals surface area contributed by atoms with Crippen LogP contribution in [0.2, 0.25) is 0 Å². The van der Waals surface area contributed by atoms with Crippen LogP contribution >= 0.6 is 0 Å². The first-order valence-corrected chi connectivity index (χ1v) is 8.61. The SMILES string of the molecule is Cc1c(O[C@@H](C)C(=O)NCCC(=O)[O-])ccc2c3c(c(=O)oc12)CCC3. The van der Waals surface area contributed by atoms with Crippen molar-refractivity contribution in [3.63, 3.8) is 0 Å². The molecule has 1 N–H and O–H groups in total. The van der Waals surface area contributed by atoms with Crippen LogP contribution < -0.4 is 20.8 Å². The Hall–Kier alpha value is -2.83. The highest BCUT2D eigenvalue weighted by Crippen LogP contribution is 2.33. The van der Waals surface area contributed by atoms with Crippen molar-refractivity contribution >= 4 is 22.8 Å². The number of ether oxygens (including phenoxy) is 1. The maximum Gasteiger partial charge on any atom is 0.339 e. The molecule has 7 heteroatoms. The fraction of sp³-hybridized carbons (Fsp3) is 0.421. The van der Waals surface area contributed by atoms with Crippen LogP contribution in [-0.2, 0) is 22.4 Å². The van der Waals surface area contributed by atoms with E-state index in [0.29, 0.717) is 16.9 Å². The Morgan fingerprint density at radius 3 is 2.77 bits per heavy atom. The highest BCUT2D eigenvalue weighted by atomic mass is 16.5. The molecule has 1 aromatic carbocycles. The first-order chi connectivity index (χ1) is 12.4. The largest absolute Gasteiger partial charge is 0.550 e. The lowest BCUT2D eigenvalue weighted by atomic mass is 10.0. The summed E-state index contributed by atoms with van der Waals surface area (Å²) in [5.41, 5.74) is 2.63. The molecule has 0 bridgehead atoms. The second kappa shape index (κ2) is 7.19. The van der Waals surface area contributed by atoms with E-state index < -0.39 is 18.0 Å². The molecule has 1 amide bonds. The lowest BCUT2D eigenvalue weighted by Gasteiger charge is -2.17. The summed E-state index contributed by atoms with van der Waals surface area (Å²) in [5, 5.41) is 13.8. The smallest absolute Gasteiger partial charge is 0.339 e. The minimum absolute atomic E-state index is 0.0212.